The molecule has 0 aromatic rings. The fraction of sp³-hybridized carbons (Fsp3) is 1.00. The first-order valence-corrected chi connectivity index (χ1v) is 3.43. The van der Waals surface area contributed by atoms with Gasteiger partial charge in [-0.1, -0.05) is 0 Å². The first-order valence-electron chi connectivity index (χ1n) is 3.43. The number of piperidine rings is 1. The summed E-state index contributed by atoms with van der Waals surface area (Å²) in [4.78, 5) is 0. The average Bonchev–Trinajstić information content (AvgIpc) is 1.62. The van der Waals surface area contributed by atoms with E-state index >= 15 is 0 Å². The highest BCUT2D eigenvalue weighted by Gasteiger charge is 2.65. The summed E-state index contributed by atoms with van der Waals surface area (Å²) in [6.45, 7) is 1.22. The molecule has 1 spiro atoms. The Morgan fingerprint density at radius 3 is 2.38 bits per heavy atom. The lowest BCUT2D eigenvalue weighted by Crippen LogP contribution is -2.95. The smallest absolute Gasteiger partial charge is 0.0504 e. The SMILES string of the molecule is C1CC23NCC2NC13. The molecule has 0 aromatic heterocycles. The number of hydrogen-bond donors (Lipinski definition) is 2. The van der Waals surface area contributed by atoms with Gasteiger partial charge < -0.3 is 10.6 Å². The minimum atomic E-state index is 0.639. The van der Waals surface area contributed by atoms with Crippen LogP contribution in [0.1, 0.15) is 12.8 Å². The van der Waals surface area contributed by atoms with Crippen LogP contribution >= 0.6 is 0 Å². The third-order valence-corrected chi connectivity index (χ3v) is 3.13. The molecular formula is C6H10N2. The first-order chi connectivity index (χ1) is 3.92. The molecule has 3 atom stereocenters. The van der Waals surface area contributed by atoms with Crippen molar-refractivity contribution >= 4 is 0 Å². The molecule has 44 valence electrons. The zero-order valence-electron chi connectivity index (χ0n) is 4.78. The maximum absolute atomic E-state index is 3.51. The summed E-state index contributed by atoms with van der Waals surface area (Å²) in [7, 11) is 0. The highest BCUT2D eigenvalue weighted by atomic mass is 15.3. The summed E-state index contributed by atoms with van der Waals surface area (Å²) in [5.74, 6) is 0. The molecule has 3 rings (SSSR count). The van der Waals surface area contributed by atoms with Gasteiger partial charge in [0.1, 0.15) is 0 Å². The van der Waals surface area contributed by atoms with Crippen molar-refractivity contribution in [3.63, 3.8) is 0 Å². The molecule has 0 amide bonds. The van der Waals surface area contributed by atoms with Gasteiger partial charge in [-0.15, -0.1) is 0 Å². The summed E-state index contributed by atoms with van der Waals surface area (Å²) in [5, 5.41) is 7.00. The van der Waals surface area contributed by atoms with Crippen LogP contribution in [0.5, 0.6) is 0 Å². The van der Waals surface area contributed by atoms with Crippen molar-refractivity contribution in [2.45, 2.75) is 30.5 Å². The van der Waals surface area contributed by atoms with Crippen molar-refractivity contribution < 1.29 is 0 Å². The Kier molecular flexibility index (Phi) is 0.408. The van der Waals surface area contributed by atoms with E-state index in [-0.39, 0.29) is 0 Å². The second-order valence-corrected chi connectivity index (χ2v) is 3.23. The molecule has 2 nitrogen and oxygen atoms in total. The van der Waals surface area contributed by atoms with Crippen molar-refractivity contribution in [1.82, 2.24) is 10.6 Å². The molecule has 3 unspecified atom stereocenters. The molecule has 2 N–H and O–H groups in total. The number of hydrogen-bond acceptors (Lipinski definition) is 2. The quantitative estimate of drug-likeness (QED) is 0.438. The Hall–Kier alpha value is -0.0800. The lowest BCUT2D eigenvalue weighted by molar-refractivity contribution is -0.0900. The van der Waals surface area contributed by atoms with E-state index in [9.17, 15) is 0 Å². The van der Waals surface area contributed by atoms with Gasteiger partial charge in [0.25, 0.3) is 0 Å². The Morgan fingerprint density at radius 2 is 2.38 bits per heavy atom. The van der Waals surface area contributed by atoms with Crippen LogP contribution in [0.15, 0.2) is 0 Å². The molecular weight excluding hydrogens is 100 g/mol. The standard InChI is InChI=1S/C6H10N2/c1-2-6-4(1)8-5(6)3-7-6/h4-5,7-8H,1-3H2. The molecule has 1 saturated carbocycles. The zero-order chi connectivity index (χ0) is 5.19. The fourth-order valence-electron chi connectivity index (χ4n) is 2.28. The normalized spacial score (nSPS) is 66.0. The van der Waals surface area contributed by atoms with Gasteiger partial charge >= 0.3 is 0 Å². The van der Waals surface area contributed by atoms with Gasteiger partial charge in [0.2, 0.25) is 0 Å². The van der Waals surface area contributed by atoms with Crippen molar-refractivity contribution in [3.8, 4) is 0 Å². The summed E-state index contributed by atoms with van der Waals surface area (Å²) in [6, 6.07) is 1.72. The van der Waals surface area contributed by atoms with Crippen molar-refractivity contribution in [2.24, 2.45) is 0 Å². The van der Waals surface area contributed by atoms with Gasteiger partial charge in [0.15, 0.2) is 0 Å². The molecule has 2 heterocycles. The molecule has 0 aromatic carbocycles. The van der Waals surface area contributed by atoms with Crippen LogP contribution in [-0.4, -0.2) is 24.2 Å². The van der Waals surface area contributed by atoms with Crippen LogP contribution in [0.3, 0.4) is 0 Å². The van der Waals surface area contributed by atoms with E-state index in [0.29, 0.717) is 5.54 Å². The van der Waals surface area contributed by atoms with Gasteiger partial charge in [-0.2, -0.15) is 0 Å². The van der Waals surface area contributed by atoms with E-state index in [1.165, 1.54) is 19.4 Å². The number of piperazine rings is 1. The van der Waals surface area contributed by atoms with Crippen molar-refractivity contribution in [1.29, 1.82) is 0 Å². The summed E-state index contributed by atoms with van der Waals surface area (Å²) in [6.07, 6.45) is 2.83. The Morgan fingerprint density at radius 1 is 1.38 bits per heavy atom. The van der Waals surface area contributed by atoms with Crippen LogP contribution in [0.2, 0.25) is 0 Å². The van der Waals surface area contributed by atoms with Crippen molar-refractivity contribution in [2.75, 3.05) is 6.54 Å². The van der Waals surface area contributed by atoms with Crippen LogP contribution in [0.4, 0.5) is 0 Å². The Bertz CT molecular complexity index is 127. The van der Waals surface area contributed by atoms with E-state index in [2.05, 4.69) is 10.6 Å². The Balaban J connectivity index is 1.96. The molecule has 8 heavy (non-hydrogen) atoms. The summed E-state index contributed by atoms with van der Waals surface area (Å²) >= 11 is 0. The third-order valence-electron chi connectivity index (χ3n) is 3.13. The molecule has 3 aliphatic rings. The van der Waals surface area contributed by atoms with Gasteiger partial charge in [-0.05, 0) is 12.8 Å². The van der Waals surface area contributed by atoms with Gasteiger partial charge in [-0.25, -0.2) is 0 Å². The first kappa shape index (κ1) is 3.85. The van der Waals surface area contributed by atoms with Crippen LogP contribution in [-0.2, 0) is 0 Å². The predicted octanol–water partition coefficient (Wildman–Crippen LogP) is -0.537. The van der Waals surface area contributed by atoms with Crippen molar-refractivity contribution in [3.05, 3.63) is 0 Å². The highest BCUT2D eigenvalue weighted by molar-refractivity contribution is 5.29. The van der Waals surface area contributed by atoms with E-state index in [4.69, 9.17) is 0 Å². The average molecular weight is 110 g/mol. The molecule has 2 heteroatoms. The molecule has 0 radical (unpaired) electrons. The Labute approximate surface area is 48.6 Å². The zero-order valence-corrected chi connectivity index (χ0v) is 4.78. The monoisotopic (exact) mass is 110 g/mol. The minimum absolute atomic E-state index is 0.639. The minimum Gasteiger partial charge on any atom is -0.307 e. The predicted molar refractivity (Wildman–Crippen MR) is 30.7 cm³/mol. The molecule has 2 saturated heterocycles. The second-order valence-electron chi connectivity index (χ2n) is 3.23. The summed E-state index contributed by atoms with van der Waals surface area (Å²) < 4.78 is 0. The lowest BCUT2D eigenvalue weighted by Gasteiger charge is -2.71. The third kappa shape index (κ3) is 0.184. The maximum Gasteiger partial charge on any atom is 0.0504 e. The highest BCUT2D eigenvalue weighted by Crippen LogP contribution is 2.47. The lowest BCUT2D eigenvalue weighted by atomic mass is 9.56. The topological polar surface area (TPSA) is 24.1 Å². The van der Waals surface area contributed by atoms with E-state index in [1.807, 2.05) is 0 Å². The van der Waals surface area contributed by atoms with Gasteiger partial charge in [0.05, 0.1) is 5.54 Å². The second kappa shape index (κ2) is 0.847. The molecule has 2 aliphatic heterocycles. The van der Waals surface area contributed by atoms with Crippen LogP contribution in [0.25, 0.3) is 0 Å². The van der Waals surface area contributed by atoms with E-state index < -0.39 is 0 Å². The van der Waals surface area contributed by atoms with Gasteiger partial charge in [-0.3, -0.25) is 0 Å². The van der Waals surface area contributed by atoms with Crippen LogP contribution in [0, 0.1) is 0 Å². The largest absolute Gasteiger partial charge is 0.307 e. The number of nitrogens with one attached hydrogen (secondary N) is 2. The molecule has 1 aliphatic carbocycles. The van der Waals surface area contributed by atoms with Crippen LogP contribution < -0.4 is 10.6 Å². The maximum atomic E-state index is 3.51. The summed E-state index contributed by atoms with van der Waals surface area (Å²) in [5.41, 5.74) is 0.639. The molecule has 0 bridgehead atoms. The molecule has 3 fully saturated rings. The fourth-order valence-corrected chi connectivity index (χ4v) is 2.28. The van der Waals surface area contributed by atoms with E-state index in [0.717, 1.165) is 12.1 Å². The van der Waals surface area contributed by atoms with Gasteiger partial charge in [0, 0.05) is 18.6 Å². The number of rotatable bonds is 0. The van der Waals surface area contributed by atoms with E-state index in [1.54, 1.807) is 0 Å².